The molecule has 1 N–H and O–H groups in total. The fraction of sp³-hybridized carbons (Fsp3) is 0.371. The fourth-order valence-electron chi connectivity index (χ4n) is 5.33. The van der Waals surface area contributed by atoms with Crippen molar-refractivity contribution in [2.45, 2.75) is 46.8 Å². The highest BCUT2D eigenvalue weighted by atomic mass is 16.6. The molecule has 43 heavy (non-hydrogen) atoms. The predicted molar refractivity (Wildman–Crippen MR) is 172 cm³/mol. The third-order valence-corrected chi connectivity index (χ3v) is 7.50. The normalized spacial score (nSPS) is 13.5. The SMILES string of the molecule is CCN(CCN(C)C)C(=O)Oc1ccc(-c2ccc3c(c2COC(=O)c2ccc(C)cc2)C(C)=CC(C)(C)N3)c(OC)c1. The lowest BCUT2D eigenvalue weighted by Gasteiger charge is -2.33. The van der Waals surface area contributed by atoms with Crippen LogP contribution in [-0.4, -0.2) is 68.2 Å². The van der Waals surface area contributed by atoms with Gasteiger partial charge < -0.3 is 29.3 Å². The minimum absolute atomic E-state index is 0.0652. The number of anilines is 1. The van der Waals surface area contributed by atoms with E-state index in [1.807, 2.05) is 63.2 Å². The van der Waals surface area contributed by atoms with Crippen molar-refractivity contribution < 1.29 is 23.8 Å². The molecule has 0 aromatic heterocycles. The van der Waals surface area contributed by atoms with Crippen molar-refractivity contribution in [3.05, 3.63) is 82.9 Å². The number of ether oxygens (including phenoxy) is 3. The maximum atomic E-state index is 13.0. The van der Waals surface area contributed by atoms with Gasteiger partial charge in [0, 0.05) is 48.1 Å². The Bertz CT molecular complexity index is 1510. The van der Waals surface area contributed by atoms with Crippen molar-refractivity contribution in [1.29, 1.82) is 0 Å². The van der Waals surface area contributed by atoms with Crippen LogP contribution in [0.25, 0.3) is 16.7 Å². The van der Waals surface area contributed by atoms with Gasteiger partial charge >= 0.3 is 12.1 Å². The number of methoxy groups -OCH3 is 1. The molecule has 1 heterocycles. The van der Waals surface area contributed by atoms with Gasteiger partial charge in [-0.2, -0.15) is 0 Å². The van der Waals surface area contributed by atoms with Gasteiger partial charge in [-0.25, -0.2) is 9.59 Å². The summed E-state index contributed by atoms with van der Waals surface area (Å²) in [5, 5.41) is 3.59. The Morgan fingerprint density at radius 3 is 2.28 bits per heavy atom. The molecule has 0 saturated carbocycles. The highest BCUT2D eigenvalue weighted by Crippen LogP contribution is 2.43. The molecule has 0 radical (unpaired) electrons. The van der Waals surface area contributed by atoms with Crippen molar-refractivity contribution in [2.75, 3.05) is 46.2 Å². The van der Waals surface area contributed by atoms with Gasteiger partial charge in [0.1, 0.15) is 18.1 Å². The summed E-state index contributed by atoms with van der Waals surface area (Å²) in [6, 6.07) is 16.8. The van der Waals surface area contributed by atoms with E-state index < -0.39 is 12.1 Å². The van der Waals surface area contributed by atoms with E-state index in [2.05, 4.69) is 32.2 Å². The fourth-order valence-corrected chi connectivity index (χ4v) is 5.33. The lowest BCUT2D eigenvalue weighted by molar-refractivity contribution is 0.0473. The summed E-state index contributed by atoms with van der Waals surface area (Å²) in [4.78, 5) is 29.6. The van der Waals surface area contributed by atoms with Gasteiger partial charge in [-0.15, -0.1) is 0 Å². The highest BCUT2D eigenvalue weighted by Gasteiger charge is 2.27. The molecule has 0 aliphatic carbocycles. The average Bonchev–Trinajstić information content (AvgIpc) is 2.95. The molecule has 4 rings (SSSR count). The third kappa shape index (κ3) is 7.56. The van der Waals surface area contributed by atoms with Crippen LogP contribution in [0.2, 0.25) is 0 Å². The van der Waals surface area contributed by atoms with Crippen LogP contribution in [0.15, 0.2) is 60.7 Å². The summed E-state index contributed by atoms with van der Waals surface area (Å²) in [6.45, 7) is 12.1. The van der Waals surface area contributed by atoms with Crippen molar-refractivity contribution in [1.82, 2.24) is 9.80 Å². The maximum absolute atomic E-state index is 13.0. The smallest absolute Gasteiger partial charge is 0.415 e. The highest BCUT2D eigenvalue weighted by molar-refractivity contribution is 5.91. The van der Waals surface area contributed by atoms with Crippen LogP contribution < -0.4 is 14.8 Å². The molecular weight excluding hydrogens is 542 g/mol. The monoisotopic (exact) mass is 585 g/mol. The van der Waals surface area contributed by atoms with E-state index in [0.717, 1.165) is 45.6 Å². The van der Waals surface area contributed by atoms with E-state index in [1.165, 1.54) is 0 Å². The minimum atomic E-state index is -0.411. The molecule has 0 spiro atoms. The Morgan fingerprint density at radius 2 is 1.63 bits per heavy atom. The van der Waals surface area contributed by atoms with Crippen LogP contribution in [0.1, 0.15) is 54.7 Å². The molecule has 8 heteroatoms. The molecule has 1 aliphatic rings. The van der Waals surface area contributed by atoms with Gasteiger partial charge in [-0.3, -0.25) is 0 Å². The second-order valence-corrected chi connectivity index (χ2v) is 11.7. The molecule has 3 aromatic carbocycles. The number of allylic oxidation sites excluding steroid dienone is 1. The Morgan fingerprint density at radius 1 is 0.930 bits per heavy atom. The van der Waals surface area contributed by atoms with E-state index >= 15 is 0 Å². The van der Waals surface area contributed by atoms with Crippen molar-refractivity contribution in [2.24, 2.45) is 0 Å². The molecule has 0 saturated heterocycles. The summed E-state index contributed by atoms with van der Waals surface area (Å²) >= 11 is 0. The number of likely N-dealkylation sites (N-methyl/N-ethyl adjacent to an activating group) is 2. The Labute approximate surface area is 255 Å². The first kappa shape index (κ1) is 31.6. The molecule has 3 aromatic rings. The van der Waals surface area contributed by atoms with Crippen LogP contribution in [-0.2, 0) is 11.3 Å². The zero-order valence-electron chi connectivity index (χ0n) is 26.5. The molecule has 228 valence electrons. The number of amides is 1. The Hall–Kier alpha value is -4.30. The van der Waals surface area contributed by atoms with E-state index in [0.29, 0.717) is 30.2 Å². The molecule has 8 nitrogen and oxygen atoms in total. The van der Waals surface area contributed by atoms with Crippen LogP contribution in [0.3, 0.4) is 0 Å². The van der Waals surface area contributed by atoms with Crippen LogP contribution in [0.4, 0.5) is 10.5 Å². The Balaban J connectivity index is 1.70. The Kier molecular flexibility index (Phi) is 9.81. The van der Waals surface area contributed by atoms with Crippen LogP contribution in [0, 0.1) is 6.92 Å². The maximum Gasteiger partial charge on any atom is 0.415 e. The number of aryl methyl sites for hydroxylation is 1. The minimum Gasteiger partial charge on any atom is -0.496 e. The average molecular weight is 586 g/mol. The summed E-state index contributed by atoms with van der Waals surface area (Å²) in [7, 11) is 5.52. The number of fused-ring (bicyclic) bond motifs is 1. The number of esters is 1. The molecule has 1 amide bonds. The van der Waals surface area contributed by atoms with E-state index in [4.69, 9.17) is 14.2 Å². The van der Waals surface area contributed by atoms with E-state index in [9.17, 15) is 9.59 Å². The quantitative estimate of drug-likeness (QED) is 0.256. The first-order valence-electron chi connectivity index (χ1n) is 14.6. The zero-order valence-corrected chi connectivity index (χ0v) is 26.5. The largest absolute Gasteiger partial charge is 0.496 e. The number of carbonyl (C=O) groups excluding carboxylic acids is 2. The third-order valence-electron chi connectivity index (χ3n) is 7.50. The first-order chi connectivity index (χ1) is 20.4. The number of hydrogen-bond acceptors (Lipinski definition) is 7. The van der Waals surface area contributed by atoms with Crippen LogP contribution >= 0.6 is 0 Å². The van der Waals surface area contributed by atoms with Gasteiger partial charge in [0.25, 0.3) is 0 Å². The second kappa shape index (κ2) is 13.3. The molecule has 0 unspecified atom stereocenters. The van der Waals surface area contributed by atoms with Gasteiger partial charge in [-0.05, 0) is 90.2 Å². The van der Waals surface area contributed by atoms with E-state index in [1.54, 1.807) is 36.3 Å². The zero-order chi connectivity index (χ0) is 31.3. The topological polar surface area (TPSA) is 80.3 Å². The van der Waals surface area contributed by atoms with Crippen LogP contribution in [0.5, 0.6) is 11.5 Å². The molecular formula is C35H43N3O5. The number of nitrogens with one attached hydrogen (secondary N) is 1. The van der Waals surface area contributed by atoms with Gasteiger partial charge in [-0.1, -0.05) is 29.8 Å². The van der Waals surface area contributed by atoms with Gasteiger partial charge in [0.05, 0.1) is 18.2 Å². The number of carbonyl (C=O) groups is 2. The number of benzene rings is 3. The van der Waals surface area contributed by atoms with E-state index in [-0.39, 0.29) is 12.1 Å². The van der Waals surface area contributed by atoms with Gasteiger partial charge in [0.15, 0.2) is 0 Å². The van der Waals surface area contributed by atoms with Crippen molar-refractivity contribution in [3.63, 3.8) is 0 Å². The van der Waals surface area contributed by atoms with Crippen molar-refractivity contribution in [3.8, 4) is 22.6 Å². The summed E-state index contributed by atoms with van der Waals surface area (Å²) in [5.41, 5.74) is 6.91. The molecule has 0 bridgehead atoms. The summed E-state index contributed by atoms with van der Waals surface area (Å²) < 4.78 is 17.4. The number of hydrogen-bond donors (Lipinski definition) is 1. The molecule has 1 aliphatic heterocycles. The molecule has 0 fully saturated rings. The first-order valence-corrected chi connectivity index (χ1v) is 14.6. The lowest BCUT2D eigenvalue weighted by atomic mass is 9.85. The number of rotatable bonds is 10. The lowest BCUT2D eigenvalue weighted by Crippen LogP contribution is -2.38. The van der Waals surface area contributed by atoms with Gasteiger partial charge in [0.2, 0.25) is 0 Å². The summed E-state index contributed by atoms with van der Waals surface area (Å²) in [6.07, 6.45) is 1.77. The summed E-state index contributed by atoms with van der Waals surface area (Å²) in [5.74, 6) is 0.537. The number of nitrogens with zero attached hydrogens (tertiary/aromatic N) is 2. The standard InChI is InChI=1S/C35H43N3O5/c1-9-38(19-18-37(6)7)34(40)43-26-14-15-28(31(20-26)41-8)27-16-17-30-32(24(3)21-35(4,5)36-30)29(27)22-42-33(39)25-12-10-23(2)11-13-25/h10-17,20-21,36H,9,18-19,22H2,1-8H3. The van der Waals surface area contributed by atoms with Crippen molar-refractivity contribution >= 4 is 23.3 Å². The predicted octanol–water partition coefficient (Wildman–Crippen LogP) is 7.02. The molecule has 0 atom stereocenters. The second-order valence-electron chi connectivity index (χ2n) is 11.7.